The lowest BCUT2D eigenvalue weighted by atomic mass is 10.2. The van der Waals surface area contributed by atoms with Crippen molar-refractivity contribution in [2.75, 3.05) is 26.2 Å². The van der Waals surface area contributed by atoms with Gasteiger partial charge in [0.05, 0.1) is 16.6 Å². The summed E-state index contributed by atoms with van der Waals surface area (Å²) < 4.78 is 42.3. The van der Waals surface area contributed by atoms with Crippen LogP contribution in [0.2, 0.25) is 5.02 Å². The summed E-state index contributed by atoms with van der Waals surface area (Å²) in [5.41, 5.74) is 0.979. The molecule has 0 amide bonds. The van der Waals surface area contributed by atoms with Gasteiger partial charge in [0.1, 0.15) is 11.6 Å². The first-order chi connectivity index (χ1) is 14.3. The van der Waals surface area contributed by atoms with Crippen LogP contribution in [-0.2, 0) is 16.7 Å². The summed E-state index contributed by atoms with van der Waals surface area (Å²) in [5.74, 6) is 0.824. The van der Waals surface area contributed by atoms with Crippen LogP contribution in [0.4, 0.5) is 4.39 Å². The van der Waals surface area contributed by atoms with Gasteiger partial charge in [-0.25, -0.2) is 22.5 Å². The Labute approximate surface area is 179 Å². The van der Waals surface area contributed by atoms with Crippen LogP contribution in [0.15, 0.2) is 53.4 Å². The molecule has 1 aromatic heterocycles. The average Bonchev–Trinajstić information content (AvgIpc) is 3.11. The molecule has 4 rings (SSSR count). The fourth-order valence-electron chi connectivity index (χ4n) is 3.44. The predicted octanol–water partition coefficient (Wildman–Crippen LogP) is 3.01. The molecule has 0 aliphatic carbocycles. The first kappa shape index (κ1) is 20.9. The van der Waals surface area contributed by atoms with Crippen molar-refractivity contribution < 1.29 is 12.8 Å². The van der Waals surface area contributed by atoms with Crippen LogP contribution >= 0.6 is 11.6 Å². The number of nitrogens with zero attached hydrogens (tertiary/aromatic N) is 5. The van der Waals surface area contributed by atoms with Crippen molar-refractivity contribution in [2.24, 2.45) is 0 Å². The van der Waals surface area contributed by atoms with Gasteiger partial charge in [-0.3, -0.25) is 4.90 Å². The van der Waals surface area contributed by atoms with Crippen LogP contribution in [0.3, 0.4) is 0 Å². The van der Waals surface area contributed by atoms with Gasteiger partial charge in [0.25, 0.3) is 0 Å². The van der Waals surface area contributed by atoms with Gasteiger partial charge in [-0.05, 0) is 25.1 Å². The molecule has 1 aliphatic rings. The average molecular weight is 450 g/mol. The van der Waals surface area contributed by atoms with E-state index < -0.39 is 15.8 Å². The van der Waals surface area contributed by atoms with Crippen molar-refractivity contribution in [1.29, 1.82) is 0 Å². The second-order valence-electron chi connectivity index (χ2n) is 7.09. The summed E-state index contributed by atoms with van der Waals surface area (Å²) >= 11 is 5.76. The lowest BCUT2D eigenvalue weighted by Gasteiger charge is -2.33. The highest BCUT2D eigenvalue weighted by atomic mass is 35.5. The minimum atomic E-state index is -3.72. The molecule has 10 heteroatoms. The molecule has 3 aromatic rings. The molecule has 2 heterocycles. The molecule has 0 unspecified atom stereocenters. The third-order valence-electron chi connectivity index (χ3n) is 5.00. The molecule has 1 fully saturated rings. The summed E-state index contributed by atoms with van der Waals surface area (Å²) in [6.45, 7) is 4.10. The zero-order valence-electron chi connectivity index (χ0n) is 16.4. The number of halogens is 2. The number of hydrogen-bond donors (Lipinski definition) is 0. The Hall–Kier alpha value is -2.33. The van der Waals surface area contributed by atoms with Crippen molar-refractivity contribution in [3.05, 3.63) is 65.2 Å². The molecule has 30 heavy (non-hydrogen) atoms. The lowest BCUT2D eigenvalue weighted by molar-refractivity contribution is 0.146. The Kier molecular flexibility index (Phi) is 5.88. The minimum Gasteiger partial charge on any atom is -0.282 e. The molecule has 0 bridgehead atoms. The molecule has 0 saturated carbocycles. The SMILES string of the molecule is Cc1nc(-c2ccccc2)n(CN2CCN(S(=O)(=O)c3ccc(F)c(Cl)c3)CC2)n1. The molecular weight excluding hydrogens is 429 g/mol. The number of piperazine rings is 1. The van der Waals surface area contributed by atoms with E-state index in [-0.39, 0.29) is 9.92 Å². The van der Waals surface area contributed by atoms with Crippen LogP contribution in [0.1, 0.15) is 5.82 Å². The first-order valence-electron chi connectivity index (χ1n) is 9.49. The van der Waals surface area contributed by atoms with E-state index in [1.165, 1.54) is 10.4 Å². The van der Waals surface area contributed by atoms with E-state index in [0.29, 0.717) is 38.7 Å². The highest BCUT2D eigenvalue weighted by molar-refractivity contribution is 7.89. The Morgan fingerprint density at radius 1 is 1.07 bits per heavy atom. The highest BCUT2D eigenvalue weighted by Gasteiger charge is 2.29. The topological polar surface area (TPSA) is 71.3 Å². The van der Waals surface area contributed by atoms with E-state index >= 15 is 0 Å². The van der Waals surface area contributed by atoms with Crippen LogP contribution in [0, 0.1) is 12.7 Å². The number of benzene rings is 2. The molecule has 1 aliphatic heterocycles. The number of aryl methyl sites for hydroxylation is 1. The van der Waals surface area contributed by atoms with Gasteiger partial charge in [0.2, 0.25) is 10.0 Å². The van der Waals surface area contributed by atoms with Gasteiger partial charge in [-0.15, -0.1) is 0 Å². The summed E-state index contributed by atoms with van der Waals surface area (Å²) in [6, 6.07) is 13.3. The Balaban J connectivity index is 1.45. The summed E-state index contributed by atoms with van der Waals surface area (Å²) in [5, 5.41) is 4.29. The van der Waals surface area contributed by atoms with Crippen molar-refractivity contribution in [1.82, 2.24) is 24.0 Å². The van der Waals surface area contributed by atoms with Crippen LogP contribution in [0.25, 0.3) is 11.4 Å². The maximum Gasteiger partial charge on any atom is 0.243 e. The van der Waals surface area contributed by atoms with E-state index in [9.17, 15) is 12.8 Å². The van der Waals surface area contributed by atoms with Crippen LogP contribution in [-0.4, -0.2) is 58.6 Å². The van der Waals surface area contributed by atoms with Crippen molar-refractivity contribution >= 4 is 21.6 Å². The fourth-order valence-corrected chi connectivity index (χ4v) is 5.14. The Morgan fingerprint density at radius 3 is 2.43 bits per heavy atom. The largest absolute Gasteiger partial charge is 0.282 e. The standard InChI is InChI=1S/C20H21ClFN5O2S/c1-15-23-20(16-5-3-2-4-6-16)27(24-15)14-25-9-11-26(12-10-25)30(28,29)17-7-8-19(22)18(21)13-17/h2-8,13H,9-12,14H2,1H3. The number of aromatic nitrogens is 3. The normalized spacial score (nSPS) is 16.1. The number of sulfonamides is 1. The second kappa shape index (κ2) is 8.43. The van der Waals surface area contributed by atoms with E-state index in [1.54, 1.807) is 0 Å². The van der Waals surface area contributed by atoms with Crippen molar-refractivity contribution in [3.8, 4) is 11.4 Å². The monoisotopic (exact) mass is 449 g/mol. The molecule has 158 valence electrons. The maximum atomic E-state index is 13.4. The van der Waals surface area contributed by atoms with E-state index in [0.717, 1.165) is 23.5 Å². The zero-order valence-corrected chi connectivity index (χ0v) is 17.9. The van der Waals surface area contributed by atoms with Gasteiger partial charge in [-0.2, -0.15) is 9.40 Å². The molecule has 0 spiro atoms. The summed E-state index contributed by atoms with van der Waals surface area (Å²) in [6.07, 6.45) is 0. The molecule has 7 nitrogen and oxygen atoms in total. The molecule has 0 radical (unpaired) electrons. The van der Waals surface area contributed by atoms with E-state index in [2.05, 4.69) is 15.0 Å². The van der Waals surface area contributed by atoms with E-state index in [1.807, 2.05) is 41.9 Å². The third-order valence-corrected chi connectivity index (χ3v) is 7.19. The van der Waals surface area contributed by atoms with Crippen LogP contribution < -0.4 is 0 Å². The molecule has 0 N–H and O–H groups in total. The van der Waals surface area contributed by atoms with E-state index in [4.69, 9.17) is 11.6 Å². The summed E-state index contributed by atoms with van der Waals surface area (Å²) in [7, 11) is -3.72. The van der Waals surface area contributed by atoms with Gasteiger partial charge >= 0.3 is 0 Å². The molecule has 2 aromatic carbocycles. The van der Waals surface area contributed by atoms with Gasteiger partial charge in [-0.1, -0.05) is 41.9 Å². The third kappa shape index (κ3) is 4.24. The van der Waals surface area contributed by atoms with Crippen molar-refractivity contribution in [3.63, 3.8) is 0 Å². The number of hydrogen-bond acceptors (Lipinski definition) is 5. The zero-order chi connectivity index (χ0) is 21.3. The van der Waals surface area contributed by atoms with Crippen LogP contribution in [0.5, 0.6) is 0 Å². The molecule has 0 atom stereocenters. The smallest absolute Gasteiger partial charge is 0.243 e. The maximum absolute atomic E-state index is 13.4. The highest BCUT2D eigenvalue weighted by Crippen LogP contribution is 2.24. The molecule has 1 saturated heterocycles. The Morgan fingerprint density at radius 2 is 1.77 bits per heavy atom. The first-order valence-corrected chi connectivity index (χ1v) is 11.3. The molecular formula is C20H21ClFN5O2S. The van der Waals surface area contributed by atoms with Crippen molar-refractivity contribution in [2.45, 2.75) is 18.5 Å². The van der Waals surface area contributed by atoms with Gasteiger partial charge in [0.15, 0.2) is 5.82 Å². The minimum absolute atomic E-state index is 0.000569. The predicted molar refractivity (Wildman–Crippen MR) is 112 cm³/mol. The lowest BCUT2D eigenvalue weighted by Crippen LogP contribution is -2.49. The number of rotatable bonds is 5. The second-order valence-corrected chi connectivity index (χ2v) is 9.43. The van der Waals surface area contributed by atoms with Gasteiger partial charge < -0.3 is 0 Å². The quantitative estimate of drug-likeness (QED) is 0.598. The van der Waals surface area contributed by atoms with Gasteiger partial charge in [0, 0.05) is 31.7 Å². The Bertz CT molecular complexity index is 1150. The fraction of sp³-hybridized carbons (Fsp3) is 0.300. The summed E-state index contributed by atoms with van der Waals surface area (Å²) in [4.78, 5) is 6.66.